The lowest BCUT2D eigenvalue weighted by Gasteiger charge is -2.12. The quantitative estimate of drug-likeness (QED) is 0.736. The first-order chi connectivity index (χ1) is 9.65. The fraction of sp³-hybridized carbons (Fsp3) is 0.222. The van der Waals surface area contributed by atoms with Crippen LogP contribution in [0.15, 0.2) is 48.5 Å². The molecule has 0 fully saturated rings. The van der Waals surface area contributed by atoms with Gasteiger partial charge in [-0.2, -0.15) is 0 Å². The van der Waals surface area contributed by atoms with E-state index in [1.165, 1.54) is 31.7 Å². The van der Waals surface area contributed by atoms with Crippen molar-refractivity contribution in [2.24, 2.45) is 5.73 Å². The van der Waals surface area contributed by atoms with Crippen LogP contribution in [-0.2, 0) is 6.42 Å². The molecular weight excluding hydrogens is 262 g/mol. The number of nitrogens with two attached hydrogens (primary N) is 1. The van der Waals surface area contributed by atoms with Crippen molar-refractivity contribution >= 4 is 22.1 Å². The highest BCUT2D eigenvalue weighted by Gasteiger charge is 2.12. The number of benzene rings is 2. The molecule has 2 heteroatoms. The Morgan fingerprint density at radius 2 is 1.80 bits per heavy atom. The summed E-state index contributed by atoms with van der Waals surface area (Å²) in [6.07, 6.45) is 0.890. The Hall–Kier alpha value is -1.64. The van der Waals surface area contributed by atoms with Gasteiger partial charge in [0.1, 0.15) is 0 Å². The van der Waals surface area contributed by atoms with E-state index < -0.39 is 0 Å². The molecule has 1 aromatic heterocycles. The van der Waals surface area contributed by atoms with Crippen molar-refractivity contribution in [3.05, 3.63) is 69.4 Å². The zero-order valence-electron chi connectivity index (χ0n) is 11.9. The van der Waals surface area contributed by atoms with E-state index >= 15 is 0 Å². The Bertz CT molecular complexity index is 717. The Morgan fingerprint density at radius 1 is 1.05 bits per heavy atom. The van der Waals surface area contributed by atoms with E-state index in [1.54, 1.807) is 0 Å². The molecule has 0 amide bonds. The monoisotopic (exact) mass is 281 g/mol. The van der Waals surface area contributed by atoms with Crippen molar-refractivity contribution in [2.45, 2.75) is 26.3 Å². The van der Waals surface area contributed by atoms with Crippen molar-refractivity contribution in [1.82, 2.24) is 0 Å². The smallest absolute Gasteiger partial charge is 0.0431 e. The van der Waals surface area contributed by atoms with E-state index in [0.717, 1.165) is 6.42 Å². The summed E-state index contributed by atoms with van der Waals surface area (Å²) in [5.41, 5.74) is 9.09. The summed E-state index contributed by atoms with van der Waals surface area (Å²) in [7, 11) is 0. The van der Waals surface area contributed by atoms with Crippen LogP contribution in [-0.4, -0.2) is 0 Å². The standard InChI is InChI=1S/C18H19NS/c1-12-10-18(20-13(12)2)17(19)11-15-8-5-7-14-6-3-4-9-16(14)15/h3-10,17H,11,19H2,1-2H3. The van der Waals surface area contributed by atoms with Gasteiger partial charge in [-0.1, -0.05) is 42.5 Å². The van der Waals surface area contributed by atoms with Gasteiger partial charge in [-0.25, -0.2) is 0 Å². The average Bonchev–Trinajstić information content (AvgIpc) is 2.79. The minimum Gasteiger partial charge on any atom is -0.323 e. The summed E-state index contributed by atoms with van der Waals surface area (Å²) >= 11 is 1.82. The molecule has 0 aliphatic heterocycles. The van der Waals surface area contributed by atoms with Crippen LogP contribution in [0.5, 0.6) is 0 Å². The molecule has 0 radical (unpaired) electrons. The fourth-order valence-electron chi connectivity index (χ4n) is 2.59. The highest BCUT2D eigenvalue weighted by molar-refractivity contribution is 7.12. The van der Waals surface area contributed by atoms with Gasteiger partial charge in [0, 0.05) is 15.8 Å². The number of hydrogen-bond acceptors (Lipinski definition) is 2. The van der Waals surface area contributed by atoms with Crippen LogP contribution in [0.3, 0.4) is 0 Å². The van der Waals surface area contributed by atoms with Gasteiger partial charge in [0.05, 0.1) is 0 Å². The summed E-state index contributed by atoms with van der Waals surface area (Å²) in [5.74, 6) is 0. The third-order valence-corrected chi connectivity index (χ3v) is 5.15. The fourth-order valence-corrected chi connectivity index (χ4v) is 3.64. The lowest BCUT2D eigenvalue weighted by Crippen LogP contribution is -2.12. The van der Waals surface area contributed by atoms with Crippen molar-refractivity contribution in [1.29, 1.82) is 0 Å². The van der Waals surface area contributed by atoms with Gasteiger partial charge >= 0.3 is 0 Å². The minimum atomic E-state index is 0.0817. The maximum absolute atomic E-state index is 6.41. The Morgan fingerprint density at radius 3 is 2.55 bits per heavy atom. The van der Waals surface area contributed by atoms with E-state index in [-0.39, 0.29) is 6.04 Å². The van der Waals surface area contributed by atoms with Crippen molar-refractivity contribution in [2.75, 3.05) is 0 Å². The van der Waals surface area contributed by atoms with Crippen LogP contribution >= 0.6 is 11.3 Å². The third-order valence-electron chi connectivity index (χ3n) is 3.87. The molecule has 0 saturated heterocycles. The van der Waals surface area contributed by atoms with Gasteiger partial charge < -0.3 is 5.73 Å². The Labute approximate surface area is 124 Å². The number of aryl methyl sites for hydroxylation is 2. The molecule has 0 aliphatic rings. The maximum atomic E-state index is 6.41. The summed E-state index contributed by atoms with van der Waals surface area (Å²) in [4.78, 5) is 2.65. The highest BCUT2D eigenvalue weighted by atomic mass is 32.1. The van der Waals surface area contributed by atoms with Gasteiger partial charge in [0.2, 0.25) is 0 Å². The van der Waals surface area contributed by atoms with Crippen molar-refractivity contribution in [3.8, 4) is 0 Å². The molecule has 1 unspecified atom stereocenters. The van der Waals surface area contributed by atoms with E-state index in [1.807, 2.05) is 11.3 Å². The van der Waals surface area contributed by atoms with Crippen LogP contribution in [0.2, 0.25) is 0 Å². The molecule has 3 rings (SSSR count). The average molecular weight is 281 g/mol. The SMILES string of the molecule is Cc1cc(C(N)Cc2cccc3ccccc23)sc1C. The second kappa shape index (κ2) is 5.39. The molecule has 0 bridgehead atoms. The molecule has 20 heavy (non-hydrogen) atoms. The number of hydrogen-bond donors (Lipinski definition) is 1. The zero-order chi connectivity index (χ0) is 14.1. The molecule has 2 N–H and O–H groups in total. The van der Waals surface area contributed by atoms with Gasteiger partial charge in [0.15, 0.2) is 0 Å². The third kappa shape index (κ3) is 2.49. The van der Waals surface area contributed by atoms with Crippen LogP contribution in [0.1, 0.15) is 26.9 Å². The molecule has 0 aliphatic carbocycles. The molecule has 102 valence electrons. The Balaban J connectivity index is 1.93. The summed E-state index contributed by atoms with van der Waals surface area (Å²) in [6, 6.07) is 17.3. The maximum Gasteiger partial charge on any atom is 0.0431 e. The summed E-state index contributed by atoms with van der Waals surface area (Å²) < 4.78 is 0. The number of rotatable bonds is 3. The summed E-state index contributed by atoms with van der Waals surface area (Å²) in [6.45, 7) is 4.31. The van der Waals surface area contributed by atoms with Crippen molar-refractivity contribution in [3.63, 3.8) is 0 Å². The zero-order valence-corrected chi connectivity index (χ0v) is 12.7. The van der Waals surface area contributed by atoms with Gasteiger partial charge in [-0.15, -0.1) is 11.3 Å². The highest BCUT2D eigenvalue weighted by Crippen LogP contribution is 2.29. The molecule has 3 aromatic rings. The van der Waals surface area contributed by atoms with E-state index in [4.69, 9.17) is 5.73 Å². The first-order valence-corrected chi connectivity index (χ1v) is 7.76. The van der Waals surface area contributed by atoms with Gasteiger partial charge in [-0.05, 0) is 48.2 Å². The Kier molecular flexibility index (Phi) is 3.60. The van der Waals surface area contributed by atoms with E-state index in [9.17, 15) is 0 Å². The van der Waals surface area contributed by atoms with Crippen molar-refractivity contribution < 1.29 is 0 Å². The van der Waals surface area contributed by atoms with Crippen LogP contribution in [0.25, 0.3) is 10.8 Å². The predicted octanol–water partition coefficient (Wildman–Crippen LogP) is 4.76. The number of thiophene rings is 1. The largest absolute Gasteiger partial charge is 0.323 e. The topological polar surface area (TPSA) is 26.0 Å². The van der Waals surface area contributed by atoms with E-state index in [0.29, 0.717) is 0 Å². The first kappa shape index (κ1) is 13.3. The lowest BCUT2D eigenvalue weighted by atomic mass is 9.98. The predicted molar refractivity (Wildman–Crippen MR) is 88.4 cm³/mol. The van der Waals surface area contributed by atoms with Crippen LogP contribution < -0.4 is 5.73 Å². The molecule has 2 aromatic carbocycles. The van der Waals surface area contributed by atoms with Crippen LogP contribution in [0, 0.1) is 13.8 Å². The molecule has 1 heterocycles. The normalized spacial score (nSPS) is 12.8. The second-order valence-electron chi connectivity index (χ2n) is 5.34. The van der Waals surface area contributed by atoms with E-state index in [2.05, 4.69) is 62.4 Å². The molecular formula is C18H19NS. The minimum absolute atomic E-state index is 0.0817. The second-order valence-corrected chi connectivity index (χ2v) is 6.62. The summed E-state index contributed by atoms with van der Waals surface area (Å²) in [5, 5.41) is 2.60. The first-order valence-electron chi connectivity index (χ1n) is 6.94. The molecule has 1 atom stereocenters. The molecule has 0 saturated carbocycles. The number of fused-ring (bicyclic) bond motifs is 1. The van der Waals surface area contributed by atoms with Gasteiger partial charge in [0.25, 0.3) is 0 Å². The van der Waals surface area contributed by atoms with Gasteiger partial charge in [-0.3, -0.25) is 0 Å². The molecule has 1 nitrogen and oxygen atoms in total. The molecule has 0 spiro atoms. The lowest BCUT2D eigenvalue weighted by molar-refractivity contribution is 0.740. The van der Waals surface area contributed by atoms with Crippen LogP contribution in [0.4, 0.5) is 0 Å².